The van der Waals surface area contributed by atoms with Crippen LogP contribution in [-0.4, -0.2) is 24.7 Å². The van der Waals surface area contributed by atoms with E-state index >= 15 is 0 Å². The molecule has 6 nitrogen and oxygen atoms in total. The van der Waals surface area contributed by atoms with Crippen LogP contribution in [0.2, 0.25) is 5.02 Å². The number of amides is 1. The van der Waals surface area contributed by atoms with Gasteiger partial charge in [-0.15, -0.1) is 0 Å². The first-order valence-corrected chi connectivity index (χ1v) is 8.35. The van der Waals surface area contributed by atoms with Crippen molar-refractivity contribution in [2.45, 2.75) is 6.42 Å². The van der Waals surface area contributed by atoms with Crippen molar-refractivity contribution in [3.05, 3.63) is 69.5 Å². The topological polar surface area (TPSA) is 80.4 Å². The second kappa shape index (κ2) is 7.93. The van der Waals surface area contributed by atoms with Crippen LogP contribution in [0.4, 0.5) is 4.79 Å². The van der Waals surface area contributed by atoms with Gasteiger partial charge in [-0.2, -0.15) is 0 Å². The van der Waals surface area contributed by atoms with Crippen LogP contribution in [0.1, 0.15) is 5.56 Å². The monoisotopic (exact) mass is 372 g/mol. The third-order valence-corrected chi connectivity index (χ3v) is 4.11. The minimum absolute atomic E-state index is 0.225. The molecule has 26 heavy (non-hydrogen) atoms. The van der Waals surface area contributed by atoms with Crippen LogP contribution in [0.25, 0.3) is 10.9 Å². The minimum atomic E-state index is -0.568. The molecule has 1 aromatic heterocycles. The van der Waals surface area contributed by atoms with Gasteiger partial charge in [-0.3, -0.25) is 4.79 Å². The molecule has 1 heterocycles. The van der Waals surface area contributed by atoms with Gasteiger partial charge in [-0.1, -0.05) is 29.8 Å². The molecule has 0 atom stereocenters. The highest BCUT2D eigenvalue weighted by molar-refractivity contribution is 6.32. The highest BCUT2D eigenvalue weighted by Crippen LogP contribution is 2.28. The van der Waals surface area contributed by atoms with E-state index in [2.05, 4.69) is 10.3 Å². The molecule has 2 N–H and O–H groups in total. The largest absolute Gasteiger partial charge is 0.495 e. The lowest BCUT2D eigenvalue weighted by Gasteiger charge is -2.08. The number of aromatic nitrogens is 1. The summed E-state index contributed by atoms with van der Waals surface area (Å²) in [5.74, 6) is 0.985. The number of rotatable bonds is 5. The van der Waals surface area contributed by atoms with Crippen molar-refractivity contribution < 1.29 is 14.3 Å². The van der Waals surface area contributed by atoms with E-state index in [1.54, 1.807) is 42.5 Å². The van der Waals surface area contributed by atoms with Crippen molar-refractivity contribution in [1.29, 1.82) is 0 Å². The molecule has 0 fully saturated rings. The van der Waals surface area contributed by atoms with Crippen LogP contribution in [0.15, 0.2) is 53.3 Å². The Morgan fingerprint density at radius 1 is 1.19 bits per heavy atom. The Balaban J connectivity index is 1.67. The number of hydrogen-bond acceptors (Lipinski definition) is 4. The predicted molar refractivity (Wildman–Crippen MR) is 100 cm³/mol. The van der Waals surface area contributed by atoms with Crippen molar-refractivity contribution in [2.24, 2.45) is 0 Å². The maximum atomic E-state index is 12.2. The average Bonchev–Trinajstić information content (AvgIpc) is 2.63. The maximum absolute atomic E-state index is 12.2. The molecule has 0 aliphatic carbocycles. The second-order valence-electron chi connectivity index (χ2n) is 5.58. The summed E-state index contributed by atoms with van der Waals surface area (Å²) in [4.78, 5) is 26.8. The third-order valence-electron chi connectivity index (χ3n) is 3.81. The molecule has 0 unspecified atom stereocenters. The highest BCUT2D eigenvalue weighted by atomic mass is 35.5. The first-order chi connectivity index (χ1) is 12.6. The SMILES string of the molecule is COc1cc2cc(CCNC(=O)Oc3ccccc3)c(=O)[nH]c2cc1Cl. The molecule has 0 radical (unpaired) electrons. The maximum Gasteiger partial charge on any atom is 0.412 e. The minimum Gasteiger partial charge on any atom is -0.495 e. The summed E-state index contributed by atoms with van der Waals surface area (Å²) in [6.07, 6.45) is -0.206. The standard InChI is InChI=1S/C19H17ClN2O4/c1-25-17-10-13-9-12(18(23)22-16(13)11-15(17)20)7-8-21-19(24)26-14-5-3-2-4-6-14/h2-6,9-11H,7-8H2,1H3,(H,21,24)(H,22,23). The van der Waals surface area contributed by atoms with Gasteiger partial charge in [0.15, 0.2) is 0 Å². The summed E-state index contributed by atoms with van der Waals surface area (Å²) in [6, 6.07) is 13.9. The van der Waals surface area contributed by atoms with E-state index in [-0.39, 0.29) is 12.1 Å². The number of methoxy groups -OCH3 is 1. The zero-order valence-corrected chi connectivity index (χ0v) is 14.8. The zero-order valence-electron chi connectivity index (χ0n) is 14.0. The number of nitrogens with one attached hydrogen (secondary N) is 2. The molecule has 0 saturated heterocycles. The van der Waals surface area contributed by atoms with E-state index < -0.39 is 6.09 Å². The normalized spacial score (nSPS) is 10.5. The predicted octanol–water partition coefficient (Wildman–Crippen LogP) is 3.52. The molecule has 0 bridgehead atoms. The molecule has 7 heteroatoms. The zero-order chi connectivity index (χ0) is 18.5. The highest BCUT2D eigenvalue weighted by Gasteiger charge is 2.09. The fourth-order valence-electron chi connectivity index (χ4n) is 2.53. The van der Waals surface area contributed by atoms with Crippen LogP contribution >= 0.6 is 11.6 Å². The average molecular weight is 373 g/mol. The Labute approximate surface area is 154 Å². The Hall–Kier alpha value is -2.99. The Bertz CT molecular complexity index is 986. The first-order valence-electron chi connectivity index (χ1n) is 7.97. The van der Waals surface area contributed by atoms with Crippen molar-refractivity contribution >= 4 is 28.6 Å². The number of para-hydroxylation sites is 1. The molecule has 0 spiro atoms. The van der Waals surface area contributed by atoms with E-state index in [4.69, 9.17) is 21.1 Å². The lowest BCUT2D eigenvalue weighted by Crippen LogP contribution is -2.30. The molecule has 0 aliphatic heterocycles. The van der Waals surface area contributed by atoms with E-state index in [0.29, 0.717) is 34.0 Å². The van der Waals surface area contributed by atoms with E-state index in [1.165, 1.54) is 7.11 Å². The fraction of sp³-hybridized carbons (Fsp3) is 0.158. The molecule has 2 aromatic carbocycles. The van der Waals surface area contributed by atoms with Crippen molar-refractivity contribution in [2.75, 3.05) is 13.7 Å². The van der Waals surface area contributed by atoms with E-state index in [1.807, 2.05) is 6.07 Å². The van der Waals surface area contributed by atoms with Crippen LogP contribution in [0.3, 0.4) is 0 Å². The number of carbonyl (C=O) groups excluding carboxylic acids is 1. The van der Waals surface area contributed by atoms with Crippen molar-refractivity contribution in [3.63, 3.8) is 0 Å². The van der Waals surface area contributed by atoms with Gasteiger partial charge in [0.25, 0.3) is 5.56 Å². The molecule has 134 valence electrons. The molecule has 3 aromatic rings. The number of ether oxygens (including phenoxy) is 2. The van der Waals surface area contributed by atoms with Gasteiger partial charge in [-0.25, -0.2) is 4.79 Å². The lowest BCUT2D eigenvalue weighted by atomic mass is 10.1. The summed E-state index contributed by atoms with van der Waals surface area (Å²) in [5, 5.41) is 3.85. The fourth-order valence-corrected chi connectivity index (χ4v) is 2.77. The Kier molecular flexibility index (Phi) is 5.43. The summed E-state index contributed by atoms with van der Waals surface area (Å²) >= 11 is 6.07. The van der Waals surface area contributed by atoms with E-state index in [0.717, 1.165) is 5.39 Å². The number of hydrogen-bond donors (Lipinski definition) is 2. The summed E-state index contributed by atoms with van der Waals surface area (Å²) in [6.45, 7) is 0.269. The number of benzene rings is 2. The van der Waals surface area contributed by atoms with Gasteiger partial charge >= 0.3 is 6.09 Å². The Morgan fingerprint density at radius 3 is 2.69 bits per heavy atom. The van der Waals surface area contributed by atoms with Crippen LogP contribution < -0.4 is 20.3 Å². The quantitative estimate of drug-likeness (QED) is 0.718. The van der Waals surface area contributed by atoms with Gasteiger partial charge in [-0.05, 0) is 36.8 Å². The van der Waals surface area contributed by atoms with Crippen molar-refractivity contribution in [3.8, 4) is 11.5 Å². The molecule has 0 aliphatic rings. The smallest absolute Gasteiger partial charge is 0.412 e. The molecular formula is C19H17ClN2O4. The van der Waals surface area contributed by atoms with Gasteiger partial charge in [0.05, 0.1) is 17.6 Å². The van der Waals surface area contributed by atoms with E-state index in [9.17, 15) is 9.59 Å². The van der Waals surface area contributed by atoms with Gasteiger partial charge < -0.3 is 19.8 Å². The van der Waals surface area contributed by atoms with Gasteiger partial charge in [0.1, 0.15) is 11.5 Å². The number of aromatic amines is 1. The van der Waals surface area contributed by atoms with Gasteiger partial charge in [0.2, 0.25) is 0 Å². The molecule has 1 amide bonds. The second-order valence-corrected chi connectivity index (χ2v) is 5.98. The number of fused-ring (bicyclic) bond motifs is 1. The summed E-state index contributed by atoms with van der Waals surface area (Å²) < 4.78 is 10.3. The number of H-pyrrole nitrogens is 1. The number of carbonyl (C=O) groups is 1. The van der Waals surface area contributed by atoms with Crippen LogP contribution in [-0.2, 0) is 6.42 Å². The molecule has 3 rings (SSSR count). The first kappa shape index (κ1) is 17.8. The van der Waals surface area contributed by atoms with Crippen LogP contribution in [0.5, 0.6) is 11.5 Å². The third kappa shape index (κ3) is 4.15. The number of halogens is 1. The molecule has 0 saturated carbocycles. The number of pyridine rings is 1. The summed E-state index contributed by atoms with van der Waals surface area (Å²) in [7, 11) is 1.53. The van der Waals surface area contributed by atoms with Crippen LogP contribution in [0, 0.1) is 0 Å². The summed E-state index contributed by atoms with van der Waals surface area (Å²) in [5.41, 5.74) is 0.944. The van der Waals surface area contributed by atoms with Gasteiger partial charge in [0, 0.05) is 17.5 Å². The lowest BCUT2D eigenvalue weighted by molar-refractivity contribution is 0.200. The Morgan fingerprint density at radius 2 is 1.96 bits per heavy atom. The molecular weight excluding hydrogens is 356 g/mol. The van der Waals surface area contributed by atoms with Crippen molar-refractivity contribution in [1.82, 2.24) is 10.3 Å².